The normalized spacial score (nSPS) is 11.2. The number of aromatic amines is 1. The van der Waals surface area contributed by atoms with Crippen LogP contribution in [-0.2, 0) is 0 Å². The number of nitrogens with one attached hydrogen (secondary N) is 1. The third-order valence-corrected chi connectivity index (χ3v) is 3.68. The second kappa shape index (κ2) is 4.17. The standard InChI is InChI=1S/C17H13N3/c1-11-7-8-13-12-5-2-3-6-14(12)20-16(13)15(11)17-18-9-4-10-19-17/h2-10,20H,1H3. The van der Waals surface area contributed by atoms with E-state index < -0.39 is 0 Å². The van der Waals surface area contributed by atoms with Crippen LogP contribution in [0.2, 0.25) is 0 Å². The van der Waals surface area contributed by atoms with E-state index in [1.165, 1.54) is 16.3 Å². The third kappa shape index (κ3) is 1.53. The molecule has 2 aromatic carbocycles. The van der Waals surface area contributed by atoms with Gasteiger partial charge in [0.25, 0.3) is 0 Å². The van der Waals surface area contributed by atoms with Crippen molar-refractivity contribution in [1.29, 1.82) is 0 Å². The highest BCUT2D eigenvalue weighted by molar-refractivity contribution is 6.11. The van der Waals surface area contributed by atoms with Crippen molar-refractivity contribution in [2.24, 2.45) is 0 Å². The number of nitrogens with zero attached hydrogens (tertiary/aromatic N) is 2. The summed E-state index contributed by atoms with van der Waals surface area (Å²) >= 11 is 0. The average molecular weight is 259 g/mol. The summed E-state index contributed by atoms with van der Waals surface area (Å²) in [6, 6.07) is 14.5. The molecular weight excluding hydrogens is 246 g/mol. The van der Waals surface area contributed by atoms with Gasteiger partial charge in [-0.15, -0.1) is 0 Å². The predicted octanol–water partition coefficient (Wildman–Crippen LogP) is 4.09. The van der Waals surface area contributed by atoms with E-state index >= 15 is 0 Å². The molecule has 0 amide bonds. The lowest BCUT2D eigenvalue weighted by molar-refractivity contribution is 1.17. The summed E-state index contributed by atoms with van der Waals surface area (Å²) in [6.07, 6.45) is 3.56. The Labute approximate surface area is 116 Å². The molecule has 3 nitrogen and oxygen atoms in total. The zero-order chi connectivity index (χ0) is 13.5. The summed E-state index contributed by atoms with van der Waals surface area (Å²) in [7, 11) is 0. The van der Waals surface area contributed by atoms with Gasteiger partial charge in [0, 0.05) is 34.2 Å². The Hall–Kier alpha value is -2.68. The lowest BCUT2D eigenvalue weighted by atomic mass is 10.0. The lowest BCUT2D eigenvalue weighted by Gasteiger charge is -2.05. The fourth-order valence-electron chi connectivity index (χ4n) is 2.74. The van der Waals surface area contributed by atoms with Crippen LogP contribution in [0.25, 0.3) is 33.2 Å². The van der Waals surface area contributed by atoms with Gasteiger partial charge in [-0.2, -0.15) is 0 Å². The maximum absolute atomic E-state index is 4.40. The molecule has 0 aliphatic carbocycles. The van der Waals surface area contributed by atoms with Crippen molar-refractivity contribution in [3.63, 3.8) is 0 Å². The van der Waals surface area contributed by atoms with Gasteiger partial charge in [-0.25, -0.2) is 9.97 Å². The number of hydrogen-bond acceptors (Lipinski definition) is 2. The summed E-state index contributed by atoms with van der Waals surface area (Å²) in [5.74, 6) is 0.766. The molecule has 0 radical (unpaired) electrons. The average Bonchev–Trinajstić information content (AvgIpc) is 2.86. The van der Waals surface area contributed by atoms with Gasteiger partial charge in [-0.3, -0.25) is 0 Å². The van der Waals surface area contributed by atoms with Crippen LogP contribution in [0.15, 0.2) is 54.9 Å². The van der Waals surface area contributed by atoms with Crippen molar-refractivity contribution < 1.29 is 0 Å². The number of fused-ring (bicyclic) bond motifs is 3. The minimum absolute atomic E-state index is 0.766. The minimum atomic E-state index is 0.766. The van der Waals surface area contributed by atoms with Crippen molar-refractivity contribution in [1.82, 2.24) is 15.0 Å². The van der Waals surface area contributed by atoms with E-state index in [1.54, 1.807) is 12.4 Å². The van der Waals surface area contributed by atoms with Crippen LogP contribution in [0.4, 0.5) is 0 Å². The Balaban J connectivity index is 2.17. The molecule has 2 heterocycles. The molecule has 0 bridgehead atoms. The zero-order valence-corrected chi connectivity index (χ0v) is 11.1. The number of aromatic nitrogens is 3. The Bertz CT molecular complexity index is 907. The van der Waals surface area contributed by atoms with E-state index in [2.05, 4.69) is 52.2 Å². The molecule has 4 rings (SSSR count). The van der Waals surface area contributed by atoms with Gasteiger partial charge in [0.15, 0.2) is 5.82 Å². The molecule has 3 heteroatoms. The number of benzene rings is 2. The molecule has 0 atom stereocenters. The molecule has 1 N–H and O–H groups in total. The fourth-order valence-corrected chi connectivity index (χ4v) is 2.74. The summed E-state index contributed by atoms with van der Waals surface area (Å²) in [4.78, 5) is 12.3. The fraction of sp³-hybridized carbons (Fsp3) is 0.0588. The van der Waals surface area contributed by atoms with Gasteiger partial charge < -0.3 is 4.98 Å². The van der Waals surface area contributed by atoms with Gasteiger partial charge in [-0.05, 0) is 24.6 Å². The number of hydrogen-bond donors (Lipinski definition) is 1. The highest BCUT2D eigenvalue weighted by Crippen LogP contribution is 2.33. The van der Waals surface area contributed by atoms with Crippen molar-refractivity contribution in [2.75, 3.05) is 0 Å². The second-order valence-electron chi connectivity index (χ2n) is 4.92. The first-order valence-corrected chi connectivity index (χ1v) is 6.62. The van der Waals surface area contributed by atoms with Crippen molar-refractivity contribution in [3.05, 3.63) is 60.4 Å². The van der Waals surface area contributed by atoms with Crippen LogP contribution >= 0.6 is 0 Å². The van der Waals surface area contributed by atoms with Crippen LogP contribution in [-0.4, -0.2) is 15.0 Å². The van der Waals surface area contributed by atoms with E-state index in [4.69, 9.17) is 0 Å². The summed E-state index contributed by atoms with van der Waals surface area (Å²) in [6.45, 7) is 2.09. The summed E-state index contributed by atoms with van der Waals surface area (Å²) in [5, 5.41) is 2.45. The smallest absolute Gasteiger partial charge is 0.161 e. The molecule has 0 unspecified atom stereocenters. The molecule has 0 aliphatic rings. The highest BCUT2D eigenvalue weighted by atomic mass is 14.9. The Morgan fingerprint density at radius 3 is 2.50 bits per heavy atom. The zero-order valence-electron chi connectivity index (χ0n) is 11.1. The maximum atomic E-state index is 4.40. The number of aryl methyl sites for hydroxylation is 1. The quantitative estimate of drug-likeness (QED) is 0.559. The third-order valence-electron chi connectivity index (χ3n) is 3.68. The largest absolute Gasteiger partial charge is 0.354 e. The van der Waals surface area contributed by atoms with E-state index in [0.29, 0.717) is 0 Å². The molecule has 2 aromatic heterocycles. The molecule has 0 aliphatic heterocycles. The maximum Gasteiger partial charge on any atom is 0.161 e. The van der Waals surface area contributed by atoms with Gasteiger partial charge in [0.2, 0.25) is 0 Å². The van der Waals surface area contributed by atoms with Gasteiger partial charge in [0.1, 0.15) is 0 Å². The highest BCUT2D eigenvalue weighted by Gasteiger charge is 2.13. The lowest BCUT2D eigenvalue weighted by Crippen LogP contribution is -1.91. The molecular formula is C17H13N3. The van der Waals surface area contributed by atoms with E-state index in [9.17, 15) is 0 Å². The van der Waals surface area contributed by atoms with E-state index in [1.807, 2.05) is 12.1 Å². The summed E-state index contributed by atoms with van der Waals surface area (Å²) < 4.78 is 0. The van der Waals surface area contributed by atoms with Gasteiger partial charge in [-0.1, -0.05) is 30.3 Å². The van der Waals surface area contributed by atoms with Gasteiger partial charge >= 0.3 is 0 Å². The van der Waals surface area contributed by atoms with Crippen LogP contribution in [0.3, 0.4) is 0 Å². The molecule has 0 fully saturated rings. The monoisotopic (exact) mass is 259 g/mol. The molecule has 0 saturated carbocycles. The SMILES string of the molecule is Cc1ccc2c([nH]c3ccccc32)c1-c1ncccn1. The van der Waals surface area contributed by atoms with E-state index in [-0.39, 0.29) is 0 Å². The molecule has 0 saturated heterocycles. The van der Waals surface area contributed by atoms with Crippen LogP contribution in [0, 0.1) is 6.92 Å². The molecule has 20 heavy (non-hydrogen) atoms. The van der Waals surface area contributed by atoms with Crippen LogP contribution < -0.4 is 0 Å². The van der Waals surface area contributed by atoms with Crippen molar-refractivity contribution in [2.45, 2.75) is 6.92 Å². The minimum Gasteiger partial charge on any atom is -0.354 e. The number of H-pyrrole nitrogens is 1. The Morgan fingerprint density at radius 2 is 1.65 bits per heavy atom. The van der Waals surface area contributed by atoms with Gasteiger partial charge in [0.05, 0.1) is 5.52 Å². The molecule has 96 valence electrons. The predicted molar refractivity (Wildman–Crippen MR) is 81.6 cm³/mol. The Kier molecular flexibility index (Phi) is 2.33. The first-order chi connectivity index (χ1) is 9.84. The summed E-state index contributed by atoms with van der Waals surface area (Å²) in [5.41, 5.74) is 4.51. The molecule has 0 spiro atoms. The first-order valence-electron chi connectivity index (χ1n) is 6.62. The van der Waals surface area contributed by atoms with Crippen molar-refractivity contribution >= 4 is 21.8 Å². The number of para-hydroxylation sites is 1. The van der Waals surface area contributed by atoms with E-state index in [0.717, 1.165) is 22.4 Å². The number of rotatable bonds is 1. The van der Waals surface area contributed by atoms with Crippen LogP contribution in [0.1, 0.15) is 5.56 Å². The van der Waals surface area contributed by atoms with Crippen LogP contribution in [0.5, 0.6) is 0 Å². The molecule has 4 aromatic rings. The van der Waals surface area contributed by atoms with Crippen molar-refractivity contribution in [3.8, 4) is 11.4 Å². The Morgan fingerprint density at radius 1 is 0.850 bits per heavy atom. The topological polar surface area (TPSA) is 41.6 Å². The second-order valence-corrected chi connectivity index (χ2v) is 4.92. The first kappa shape index (κ1) is 11.2.